The normalized spacial score (nSPS) is 11.9. The molecule has 0 spiro atoms. The zero-order chi connectivity index (χ0) is 14.3. The zero-order valence-corrected chi connectivity index (χ0v) is 9.96. The van der Waals surface area contributed by atoms with Gasteiger partial charge in [0.1, 0.15) is 0 Å². The fourth-order valence-electron chi connectivity index (χ4n) is 1.82. The number of halogens is 3. The summed E-state index contributed by atoms with van der Waals surface area (Å²) in [5.41, 5.74) is 6.06. The van der Waals surface area contributed by atoms with E-state index in [4.69, 9.17) is 5.73 Å². The Hall–Kier alpha value is -2.64. The SMILES string of the molecule is Nc1nc2ccc(-c3cncc(C(F)(F)F)c3)cn2n1. The van der Waals surface area contributed by atoms with Crippen molar-refractivity contribution in [3.8, 4) is 11.1 Å². The highest BCUT2D eigenvalue weighted by Gasteiger charge is 2.31. The number of rotatable bonds is 1. The van der Waals surface area contributed by atoms with Crippen LogP contribution < -0.4 is 5.73 Å². The van der Waals surface area contributed by atoms with Crippen molar-refractivity contribution < 1.29 is 13.2 Å². The highest BCUT2D eigenvalue weighted by Crippen LogP contribution is 2.31. The summed E-state index contributed by atoms with van der Waals surface area (Å²) in [6.07, 6.45) is -0.729. The summed E-state index contributed by atoms with van der Waals surface area (Å²) in [7, 11) is 0. The second-order valence-corrected chi connectivity index (χ2v) is 4.15. The number of hydrogen-bond donors (Lipinski definition) is 1. The van der Waals surface area contributed by atoms with E-state index in [2.05, 4.69) is 15.1 Å². The minimum Gasteiger partial charge on any atom is -0.366 e. The number of nitrogen functional groups attached to an aromatic ring is 1. The molecule has 3 aromatic heterocycles. The van der Waals surface area contributed by atoms with Crippen LogP contribution in [0.3, 0.4) is 0 Å². The fourth-order valence-corrected chi connectivity index (χ4v) is 1.82. The van der Waals surface area contributed by atoms with Gasteiger partial charge in [-0.25, -0.2) is 4.52 Å². The average Bonchev–Trinajstić information content (AvgIpc) is 2.77. The van der Waals surface area contributed by atoms with Gasteiger partial charge >= 0.3 is 6.18 Å². The van der Waals surface area contributed by atoms with Crippen molar-refractivity contribution in [3.63, 3.8) is 0 Å². The standard InChI is InChI=1S/C12H8F3N5/c13-12(14,15)9-3-8(4-17-5-9)7-1-2-10-18-11(16)19-20(10)6-7/h1-6H,(H2,16,19). The van der Waals surface area contributed by atoms with Gasteiger partial charge in [0, 0.05) is 29.7 Å². The van der Waals surface area contributed by atoms with Crippen molar-refractivity contribution in [3.05, 3.63) is 42.4 Å². The van der Waals surface area contributed by atoms with Crippen molar-refractivity contribution in [1.82, 2.24) is 19.6 Å². The molecule has 3 heterocycles. The monoisotopic (exact) mass is 279 g/mol. The maximum atomic E-state index is 12.7. The van der Waals surface area contributed by atoms with Crippen molar-refractivity contribution in [2.45, 2.75) is 6.18 Å². The zero-order valence-electron chi connectivity index (χ0n) is 9.96. The number of nitrogens with zero attached hydrogens (tertiary/aromatic N) is 4. The molecule has 0 aliphatic carbocycles. The van der Waals surface area contributed by atoms with Crippen LogP contribution >= 0.6 is 0 Å². The number of alkyl halides is 3. The van der Waals surface area contributed by atoms with E-state index in [1.807, 2.05) is 0 Å². The molecule has 0 atom stereocenters. The minimum absolute atomic E-state index is 0.101. The average molecular weight is 279 g/mol. The van der Waals surface area contributed by atoms with E-state index in [0.29, 0.717) is 16.8 Å². The molecule has 5 nitrogen and oxygen atoms in total. The maximum Gasteiger partial charge on any atom is 0.417 e. The number of fused-ring (bicyclic) bond motifs is 1. The topological polar surface area (TPSA) is 69.1 Å². The molecular weight excluding hydrogens is 271 g/mol. The summed E-state index contributed by atoms with van der Waals surface area (Å²) in [6, 6.07) is 4.30. The van der Waals surface area contributed by atoms with Crippen LogP contribution in [0.1, 0.15) is 5.56 Å². The van der Waals surface area contributed by atoms with Crippen LogP contribution in [0.25, 0.3) is 16.8 Å². The first kappa shape index (κ1) is 12.4. The van der Waals surface area contributed by atoms with Crippen LogP contribution in [0, 0.1) is 0 Å². The van der Waals surface area contributed by atoms with Crippen LogP contribution in [-0.4, -0.2) is 19.6 Å². The molecule has 0 saturated carbocycles. The number of pyridine rings is 2. The Labute approximate surface area is 110 Å². The summed E-state index contributed by atoms with van der Waals surface area (Å²) in [4.78, 5) is 7.56. The van der Waals surface area contributed by atoms with Crippen molar-refractivity contribution in [1.29, 1.82) is 0 Å². The van der Waals surface area contributed by atoms with E-state index in [9.17, 15) is 13.2 Å². The summed E-state index contributed by atoms with van der Waals surface area (Å²) in [6.45, 7) is 0. The molecule has 3 rings (SSSR count). The van der Waals surface area contributed by atoms with Crippen LogP contribution in [0.2, 0.25) is 0 Å². The van der Waals surface area contributed by atoms with Crippen molar-refractivity contribution in [2.75, 3.05) is 5.73 Å². The first-order valence-corrected chi connectivity index (χ1v) is 5.58. The van der Waals surface area contributed by atoms with E-state index in [0.717, 1.165) is 12.3 Å². The molecule has 8 heteroatoms. The Kier molecular flexibility index (Phi) is 2.60. The molecular formula is C12H8F3N5. The molecule has 0 aliphatic heterocycles. The fraction of sp³-hybridized carbons (Fsp3) is 0.0833. The Morgan fingerprint density at radius 1 is 1.10 bits per heavy atom. The van der Waals surface area contributed by atoms with Gasteiger partial charge in [0.05, 0.1) is 5.56 Å². The largest absolute Gasteiger partial charge is 0.417 e. The van der Waals surface area contributed by atoms with E-state index in [1.54, 1.807) is 18.3 Å². The van der Waals surface area contributed by atoms with Crippen LogP contribution in [-0.2, 0) is 6.18 Å². The Morgan fingerprint density at radius 3 is 2.65 bits per heavy atom. The Morgan fingerprint density at radius 2 is 1.90 bits per heavy atom. The number of anilines is 1. The number of aromatic nitrogens is 4. The third-order valence-corrected chi connectivity index (χ3v) is 2.75. The van der Waals surface area contributed by atoms with Crippen LogP contribution in [0.5, 0.6) is 0 Å². The summed E-state index contributed by atoms with van der Waals surface area (Å²) < 4.78 is 39.4. The Balaban J connectivity index is 2.10. The lowest BCUT2D eigenvalue weighted by Crippen LogP contribution is -2.05. The van der Waals surface area contributed by atoms with E-state index in [1.165, 1.54) is 10.7 Å². The quantitative estimate of drug-likeness (QED) is 0.742. The molecule has 0 fully saturated rings. The van der Waals surface area contributed by atoms with E-state index < -0.39 is 11.7 Å². The highest BCUT2D eigenvalue weighted by molar-refractivity contribution is 5.64. The molecule has 3 aromatic rings. The maximum absolute atomic E-state index is 12.7. The second kappa shape index (κ2) is 4.19. The molecule has 0 aliphatic rings. The van der Waals surface area contributed by atoms with Crippen LogP contribution in [0.4, 0.5) is 19.1 Å². The first-order chi connectivity index (χ1) is 9.43. The predicted molar refractivity (Wildman–Crippen MR) is 65.6 cm³/mol. The van der Waals surface area contributed by atoms with Crippen molar-refractivity contribution in [2.24, 2.45) is 0 Å². The lowest BCUT2D eigenvalue weighted by molar-refractivity contribution is -0.137. The Bertz CT molecular complexity index is 778. The molecule has 2 N–H and O–H groups in total. The van der Waals surface area contributed by atoms with Gasteiger partial charge in [-0.15, -0.1) is 5.10 Å². The molecule has 0 saturated heterocycles. The van der Waals surface area contributed by atoms with Gasteiger partial charge in [-0.1, -0.05) is 0 Å². The summed E-state index contributed by atoms with van der Waals surface area (Å²) in [5.74, 6) is 0.101. The predicted octanol–water partition coefficient (Wildman–Crippen LogP) is 2.39. The molecule has 102 valence electrons. The van der Waals surface area contributed by atoms with Gasteiger partial charge < -0.3 is 5.73 Å². The highest BCUT2D eigenvalue weighted by atomic mass is 19.4. The van der Waals surface area contributed by atoms with Gasteiger partial charge in [-0.2, -0.15) is 18.2 Å². The molecule has 20 heavy (non-hydrogen) atoms. The lowest BCUT2D eigenvalue weighted by Gasteiger charge is -2.08. The third kappa shape index (κ3) is 2.15. The second-order valence-electron chi connectivity index (χ2n) is 4.15. The summed E-state index contributed by atoms with van der Waals surface area (Å²) >= 11 is 0. The lowest BCUT2D eigenvalue weighted by atomic mass is 10.1. The first-order valence-electron chi connectivity index (χ1n) is 5.58. The minimum atomic E-state index is -4.43. The van der Waals surface area contributed by atoms with Gasteiger partial charge in [0.15, 0.2) is 5.65 Å². The van der Waals surface area contributed by atoms with Crippen LogP contribution in [0.15, 0.2) is 36.8 Å². The molecule has 0 bridgehead atoms. The van der Waals surface area contributed by atoms with Gasteiger partial charge in [-0.3, -0.25) is 4.98 Å². The molecule has 0 radical (unpaired) electrons. The molecule has 0 aromatic carbocycles. The smallest absolute Gasteiger partial charge is 0.366 e. The summed E-state index contributed by atoms with van der Waals surface area (Å²) in [5, 5.41) is 3.91. The van der Waals surface area contributed by atoms with E-state index >= 15 is 0 Å². The van der Waals surface area contributed by atoms with Crippen molar-refractivity contribution >= 4 is 11.6 Å². The van der Waals surface area contributed by atoms with Gasteiger partial charge in [0.2, 0.25) is 5.95 Å². The van der Waals surface area contributed by atoms with Gasteiger partial charge in [0.25, 0.3) is 0 Å². The number of hydrogen-bond acceptors (Lipinski definition) is 4. The van der Waals surface area contributed by atoms with E-state index in [-0.39, 0.29) is 5.95 Å². The van der Waals surface area contributed by atoms with Gasteiger partial charge in [-0.05, 0) is 18.2 Å². The third-order valence-electron chi connectivity index (χ3n) is 2.75. The molecule has 0 amide bonds. The molecule has 0 unspecified atom stereocenters. The number of nitrogens with two attached hydrogens (primary N) is 1.